The fourth-order valence-corrected chi connectivity index (χ4v) is 4.62. The van der Waals surface area contributed by atoms with Crippen LogP contribution in [-0.2, 0) is 11.1 Å². The van der Waals surface area contributed by atoms with E-state index in [1.807, 2.05) is 70.3 Å². The fourth-order valence-electron chi connectivity index (χ4n) is 3.65. The molecule has 0 aliphatic heterocycles. The molecule has 154 valence electrons. The molecule has 0 spiro atoms. The molecule has 0 radical (unpaired) electrons. The van der Waals surface area contributed by atoms with Gasteiger partial charge in [0.15, 0.2) is 36.5 Å². The molecule has 0 bridgehead atoms. The van der Waals surface area contributed by atoms with Gasteiger partial charge >= 0.3 is 7.60 Å². The van der Waals surface area contributed by atoms with Gasteiger partial charge in [0.2, 0.25) is 5.69 Å². The molecule has 3 aromatic rings. The molecule has 4 rings (SSSR count). The summed E-state index contributed by atoms with van der Waals surface area (Å²) in [4.78, 5) is 19.9. The van der Waals surface area contributed by atoms with Gasteiger partial charge < -0.3 is 9.79 Å². The lowest BCUT2D eigenvalue weighted by atomic mass is 9.99. The topological polar surface area (TPSA) is 89.1 Å². The first kappa shape index (κ1) is 20.9. The number of pyridine rings is 2. The molecule has 1 atom stereocenters. The predicted molar refractivity (Wildman–Crippen MR) is 116 cm³/mol. The minimum Gasteiger partial charge on any atom is -0.324 e. The molecule has 31 heavy (non-hydrogen) atoms. The summed E-state index contributed by atoms with van der Waals surface area (Å²) in [5.41, 5.74) is 3.63. The Morgan fingerprint density at radius 2 is 1.55 bits per heavy atom. The van der Waals surface area contributed by atoms with E-state index in [0.717, 1.165) is 16.8 Å². The Morgan fingerprint density at radius 1 is 0.935 bits per heavy atom. The SMILES string of the molecule is N#Cc1ccc(-[n+]2ccc(-c3cc[n+](CC4(P(=O)(O)O)C=CC=CC4)cc3)cc2)cc1. The second kappa shape index (κ2) is 8.41. The first-order valence-electron chi connectivity index (χ1n) is 9.82. The first-order valence-corrected chi connectivity index (χ1v) is 11.4. The highest BCUT2D eigenvalue weighted by Crippen LogP contribution is 2.54. The number of hydrogen-bond acceptors (Lipinski definition) is 2. The molecule has 2 heterocycles. The van der Waals surface area contributed by atoms with Gasteiger partial charge in [0, 0.05) is 36.4 Å². The maximum absolute atomic E-state index is 12.2. The minimum atomic E-state index is -4.33. The van der Waals surface area contributed by atoms with Crippen molar-refractivity contribution in [1.82, 2.24) is 0 Å². The summed E-state index contributed by atoms with van der Waals surface area (Å²) in [5, 5.41) is 7.71. The van der Waals surface area contributed by atoms with Crippen LogP contribution in [0.5, 0.6) is 0 Å². The standard InChI is InChI=1S/C24H20N3O3P/c25-18-20-4-6-23(7-5-20)27-16-10-22(11-17-27)21-8-14-26(15-9-21)19-24(31(28,29)30)12-2-1-3-13-24/h1-12,14-17H,13,19H2/p+2. The average Bonchev–Trinajstić information content (AvgIpc) is 2.80. The Bertz CT molecular complexity index is 1220. The number of rotatable bonds is 5. The molecular weight excluding hydrogens is 409 g/mol. The van der Waals surface area contributed by atoms with Crippen LogP contribution >= 0.6 is 7.60 Å². The van der Waals surface area contributed by atoms with Crippen molar-refractivity contribution < 1.29 is 23.5 Å². The second-order valence-electron chi connectivity index (χ2n) is 7.55. The van der Waals surface area contributed by atoms with Gasteiger partial charge in [0.25, 0.3) is 0 Å². The van der Waals surface area contributed by atoms with E-state index in [4.69, 9.17) is 5.26 Å². The van der Waals surface area contributed by atoms with E-state index in [0.29, 0.717) is 12.0 Å². The monoisotopic (exact) mass is 431 g/mol. The molecule has 0 saturated heterocycles. The quantitative estimate of drug-likeness (QED) is 0.480. The van der Waals surface area contributed by atoms with Crippen LogP contribution in [0.15, 0.2) is 97.6 Å². The van der Waals surface area contributed by atoms with E-state index in [-0.39, 0.29) is 6.54 Å². The molecule has 7 heteroatoms. The summed E-state index contributed by atoms with van der Waals surface area (Å²) in [6.07, 6.45) is 14.8. The zero-order valence-corrected chi connectivity index (χ0v) is 17.6. The fraction of sp³-hybridized carbons (Fsp3) is 0.125. The number of nitriles is 1. The van der Waals surface area contributed by atoms with Gasteiger partial charge in [0.1, 0.15) is 0 Å². The molecule has 0 fully saturated rings. The van der Waals surface area contributed by atoms with Crippen LogP contribution in [0.4, 0.5) is 0 Å². The maximum atomic E-state index is 12.2. The summed E-state index contributed by atoms with van der Waals surface area (Å²) in [5.74, 6) is 0. The third-order valence-electron chi connectivity index (χ3n) is 5.51. The number of nitrogens with zero attached hydrogens (tertiary/aromatic N) is 3. The zero-order chi connectivity index (χ0) is 21.9. The maximum Gasteiger partial charge on any atom is 0.342 e. The molecule has 1 aliphatic carbocycles. The van der Waals surface area contributed by atoms with Crippen molar-refractivity contribution in [1.29, 1.82) is 5.26 Å². The van der Waals surface area contributed by atoms with Crippen LogP contribution in [0.1, 0.15) is 12.0 Å². The van der Waals surface area contributed by atoms with Crippen LogP contribution < -0.4 is 9.13 Å². The van der Waals surface area contributed by atoms with Crippen LogP contribution in [0.2, 0.25) is 0 Å². The molecule has 0 saturated carbocycles. The van der Waals surface area contributed by atoms with Gasteiger partial charge in [-0.05, 0) is 29.7 Å². The summed E-state index contributed by atoms with van der Waals surface area (Å²) < 4.78 is 15.9. The molecule has 2 aromatic heterocycles. The van der Waals surface area contributed by atoms with Gasteiger partial charge in [-0.3, -0.25) is 4.57 Å². The van der Waals surface area contributed by atoms with E-state index < -0.39 is 12.8 Å². The van der Waals surface area contributed by atoms with Crippen molar-refractivity contribution in [2.45, 2.75) is 18.1 Å². The third kappa shape index (κ3) is 4.40. The average molecular weight is 431 g/mol. The largest absolute Gasteiger partial charge is 0.342 e. The molecule has 1 aromatic carbocycles. The summed E-state index contributed by atoms with van der Waals surface area (Å²) in [6.45, 7) is 0.200. The normalized spacial score (nSPS) is 18.0. The third-order valence-corrected chi connectivity index (χ3v) is 7.14. The summed E-state index contributed by atoms with van der Waals surface area (Å²) in [6, 6.07) is 17.4. The lowest BCUT2D eigenvalue weighted by molar-refractivity contribution is -0.699. The number of hydrogen-bond donors (Lipinski definition) is 2. The van der Waals surface area contributed by atoms with Gasteiger partial charge in [-0.1, -0.05) is 24.3 Å². The van der Waals surface area contributed by atoms with Gasteiger partial charge in [-0.25, -0.2) is 4.57 Å². The van der Waals surface area contributed by atoms with Crippen molar-refractivity contribution in [2.75, 3.05) is 0 Å². The van der Waals surface area contributed by atoms with Crippen molar-refractivity contribution in [3.8, 4) is 22.9 Å². The summed E-state index contributed by atoms with van der Waals surface area (Å²) in [7, 11) is -4.33. The van der Waals surface area contributed by atoms with E-state index in [1.165, 1.54) is 0 Å². The van der Waals surface area contributed by atoms with E-state index in [1.54, 1.807) is 36.4 Å². The van der Waals surface area contributed by atoms with Gasteiger partial charge in [-0.2, -0.15) is 9.83 Å². The lowest BCUT2D eigenvalue weighted by Gasteiger charge is -2.28. The predicted octanol–water partition coefficient (Wildman–Crippen LogP) is 3.22. The first-order chi connectivity index (χ1) is 14.9. The van der Waals surface area contributed by atoms with E-state index >= 15 is 0 Å². The Hall–Kier alpha value is -3.36. The molecule has 1 aliphatic rings. The summed E-state index contributed by atoms with van der Waals surface area (Å²) >= 11 is 0. The van der Waals surface area contributed by atoms with E-state index in [9.17, 15) is 14.4 Å². The van der Waals surface area contributed by atoms with Gasteiger partial charge in [-0.15, -0.1) is 0 Å². The van der Waals surface area contributed by atoms with E-state index in [2.05, 4.69) is 6.07 Å². The Balaban J connectivity index is 1.53. The van der Waals surface area contributed by atoms with Crippen LogP contribution in [-0.4, -0.2) is 14.9 Å². The van der Waals surface area contributed by atoms with Crippen molar-refractivity contribution in [2.24, 2.45) is 0 Å². The van der Waals surface area contributed by atoms with Crippen molar-refractivity contribution >= 4 is 7.60 Å². The van der Waals surface area contributed by atoms with Crippen LogP contribution in [0, 0.1) is 11.3 Å². The molecule has 2 N–H and O–H groups in total. The second-order valence-corrected chi connectivity index (χ2v) is 9.53. The lowest BCUT2D eigenvalue weighted by Crippen LogP contribution is -2.46. The van der Waals surface area contributed by atoms with Crippen molar-refractivity contribution in [3.05, 3.63) is 103 Å². The molecule has 0 amide bonds. The molecular formula is C24H22N3O3P+2. The Morgan fingerprint density at radius 3 is 2.06 bits per heavy atom. The van der Waals surface area contributed by atoms with Crippen LogP contribution in [0.3, 0.4) is 0 Å². The number of aromatic nitrogens is 2. The Kier molecular flexibility index (Phi) is 5.67. The highest BCUT2D eigenvalue weighted by Gasteiger charge is 2.48. The highest BCUT2D eigenvalue weighted by molar-refractivity contribution is 7.53. The van der Waals surface area contributed by atoms with Gasteiger partial charge in [0.05, 0.1) is 11.6 Å². The minimum absolute atomic E-state index is 0.200. The van der Waals surface area contributed by atoms with Crippen molar-refractivity contribution in [3.63, 3.8) is 0 Å². The number of benzene rings is 1. The Labute approximate surface area is 180 Å². The number of allylic oxidation sites excluding steroid dienone is 4. The van der Waals surface area contributed by atoms with Crippen LogP contribution in [0.25, 0.3) is 16.8 Å². The molecule has 1 unspecified atom stereocenters. The highest BCUT2D eigenvalue weighted by atomic mass is 31.2. The molecule has 6 nitrogen and oxygen atoms in total. The zero-order valence-electron chi connectivity index (χ0n) is 16.7. The smallest absolute Gasteiger partial charge is 0.324 e.